The molecule has 0 aliphatic carbocycles. The molecule has 29 nitrogen and oxygen atoms in total. The Balaban J connectivity index is 2.69. The second-order valence-electron chi connectivity index (χ2n) is 21.7. The van der Waals surface area contributed by atoms with Gasteiger partial charge >= 0.3 is 0 Å². The Labute approximate surface area is 491 Å². The number of rotatable bonds is 28. The molecule has 11 amide bonds. The molecule has 0 bridgehead atoms. The number of carbonyl (C=O) groups excluding carboxylic acids is 11. The third-order valence-corrected chi connectivity index (χ3v) is 14.0. The van der Waals surface area contributed by atoms with Gasteiger partial charge in [-0.05, 0) is 115 Å². The van der Waals surface area contributed by atoms with Crippen LogP contribution < -0.4 is 87.2 Å². The van der Waals surface area contributed by atoms with Gasteiger partial charge < -0.3 is 97.4 Å². The van der Waals surface area contributed by atoms with Crippen molar-refractivity contribution in [3.05, 3.63) is 35.9 Å². The number of aliphatic hydroxyl groups excluding tert-OH is 2. The molecular formula is C55H96N16O13. The van der Waals surface area contributed by atoms with Crippen LogP contribution in [0, 0.1) is 11.8 Å². The van der Waals surface area contributed by atoms with Crippen molar-refractivity contribution in [2.24, 2.45) is 40.5 Å². The largest absolute Gasteiger partial charge is 0.391 e. The number of benzene rings is 1. The third kappa shape index (κ3) is 25.9. The van der Waals surface area contributed by atoms with Crippen molar-refractivity contribution in [1.29, 1.82) is 0 Å². The Morgan fingerprint density at radius 3 is 1.56 bits per heavy atom. The highest BCUT2D eigenvalue weighted by Gasteiger charge is 2.37. The van der Waals surface area contributed by atoms with Gasteiger partial charge in [0.1, 0.15) is 60.4 Å². The Morgan fingerprint density at radius 1 is 0.571 bits per heavy atom. The van der Waals surface area contributed by atoms with Gasteiger partial charge in [-0.2, -0.15) is 0 Å². The van der Waals surface area contributed by atoms with Gasteiger partial charge in [0.05, 0.1) is 12.2 Å². The van der Waals surface area contributed by atoms with Crippen LogP contribution in [0.5, 0.6) is 0 Å². The van der Waals surface area contributed by atoms with E-state index < -0.39 is 151 Å². The van der Waals surface area contributed by atoms with Gasteiger partial charge in [0.15, 0.2) is 0 Å². The minimum atomic E-state index is -1.70. The maximum Gasteiger partial charge on any atom is 0.245 e. The summed E-state index contributed by atoms with van der Waals surface area (Å²) in [4.78, 5) is 154. The smallest absolute Gasteiger partial charge is 0.245 e. The summed E-state index contributed by atoms with van der Waals surface area (Å²) in [6, 6.07) is -6.24. The van der Waals surface area contributed by atoms with Crippen LogP contribution in [-0.2, 0) is 59.2 Å². The second kappa shape index (κ2) is 38.9. The lowest BCUT2D eigenvalue weighted by molar-refractivity contribution is -0.137. The Kier molecular flexibility index (Phi) is 33.9. The molecule has 2 rings (SSSR count). The number of nitrogens with two attached hydrogens (primary N) is 5. The first kappa shape index (κ1) is 73.2. The molecule has 1 heterocycles. The van der Waals surface area contributed by atoms with E-state index in [4.69, 9.17) is 28.7 Å². The van der Waals surface area contributed by atoms with Gasteiger partial charge in [0, 0.05) is 19.4 Å². The predicted octanol–water partition coefficient (Wildman–Crippen LogP) is -5.63. The number of carbonyl (C=O) groups is 11. The highest BCUT2D eigenvalue weighted by molar-refractivity contribution is 5.99. The Morgan fingerprint density at radius 2 is 1.06 bits per heavy atom. The van der Waals surface area contributed by atoms with Gasteiger partial charge in [0.2, 0.25) is 65.0 Å². The van der Waals surface area contributed by atoms with Crippen LogP contribution in [0.15, 0.2) is 30.3 Å². The van der Waals surface area contributed by atoms with E-state index in [-0.39, 0.29) is 90.0 Å². The van der Waals surface area contributed by atoms with E-state index in [0.29, 0.717) is 17.9 Å². The monoisotopic (exact) mass is 1190 g/mol. The fraction of sp³-hybridized carbons (Fsp3) is 0.691. The molecule has 1 aromatic rings. The van der Waals surface area contributed by atoms with Crippen LogP contribution in [0.3, 0.4) is 0 Å². The van der Waals surface area contributed by atoms with Gasteiger partial charge in [-0.1, -0.05) is 70.9 Å². The predicted molar refractivity (Wildman–Crippen MR) is 312 cm³/mol. The highest BCUT2D eigenvalue weighted by Crippen LogP contribution is 2.13. The fourth-order valence-electron chi connectivity index (χ4n) is 8.95. The minimum absolute atomic E-state index is 0.0188. The molecule has 0 spiro atoms. The molecule has 29 heteroatoms. The molecule has 474 valence electrons. The second-order valence-corrected chi connectivity index (χ2v) is 21.7. The number of aliphatic hydroxyl groups is 2. The van der Waals surface area contributed by atoms with Crippen molar-refractivity contribution < 1.29 is 63.0 Å². The molecule has 1 aliphatic rings. The Hall–Kier alpha value is -6.89. The number of hydrogen-bond acceptors (Lipinski definition) is 18. The first-order chi connectivity index (χ1) is 39.8. The van der Waals surface area contributed by atoms with Gasteiger partial charge in [-0.25, -0.2) is 0 Å². The van der Waals surface area contributed by atoms with Crippen LogP contribution in [0.2, 0.25) is 0 Å². The summed E-state index contributed by atoms with van der Waals surface area (Å²) in [5.41, 5.74) is 29.9. The lowest BCUT2D eigenvalue weighted by Crippen LogP contribution is -2.62. The molecule has 3 unspecified atom stereocenters. The van der Waals surface area contributed by atoms with E-state index in [0.717, 1.165) is 12.8 Å². The maximum absolute atomic E-state index is 14.5. The zero-order valence-electron chi connectivity index (χ0n) is 49.5. The molecular weight excluding hydrogens is 1090 g/mol. The molecule has 0 aromatic heterocycles. The van der Waals surface area contributed by atoms with E-state index in [2.05, 4.69) is 65.4 Å². The topological polar surface area (TPSA) is 491 Å². The molecule has 0 saturated carbocycles. The first-order valence-corrected chi connectivity index (χ1v) is 29.0. The molecule has 84 heavy (non-hydrogen) atoms. The summed E-state index contributed by atoms with van der Waals surface area (Å²) < 4.78 is 0. The SMILES string of the molecule is CC[C@@H](C)CCCC(=O)N[C@@H](CCN)C(=O)N[C@H](C(=O)N[C@@H](CCN)C(=O)NC1CCNC(=O)C([C@@H](C)O)NC(=O)[C@H](CCN)NC(=O)[C@H](CCN)NC(=O)[C@H](CC(C)C)NC(=O)[C@@H](Cc2ccccc2)NC(=O)C(CCN)NC1=O)[C@@H](C)O. The zero-order valence-corrected chi connectivity index (χ0v) is 49.5. The van der Waals surface area contributed by atoms with Crippen LogP contribution in [0.4, 0.5) is 0 Å². The lowest BCUT2D eigenvalue weighted by Gasteiger charge is -2.29. The van der Waals surface area contributed by atoms with Crippen molar-refractivity contribution in [3.8, 4) is 0 Å². The molecule has 1 fully saturated rings. The number of hydrogen-bond donors (Lipinski definition) is 18. The zero-order chi connectivity index (χ0) is 63.1. The molecule has 23 N–H and O–H groups in total. The van der Waals surface area contributed by atoms with Gasteiger partial charge in [-0.15, -0.1) is 0 Å². The van der Waals surface area contributed by atoms with E-state index in [9.17, 15) is 63.0 Å². The van der Waals surface area contributed by atoms with Crippen LogP contribution >= 0.6 is 0 Å². The average molecular weight is 1190 g/mol. The third-order valence-electron chi connectivity index (χ3n) is 14.0. The van der Waals surface area contributed by atoms with Crippen LogP contribution in [-0.4, -0.2) is 187 Å². The molecule has 1 aliphatic heterocycles. The summed E-state index contributed by atoms with van der Waals surface area (Å²) >= 11 is 0. The summed E-state index contributed by atoms with van der Waals surface area (Å²) in [6.07, 6.45) is -2.08. The molecule has 1 aromatic carbocycles. The van der Waals surface area contributed by atoms with Crippen molar-refractivity contribution in [2.45, 2.75) is 191 Å². The summed E-state index contributed by atoms with van der Waals surface area (Å²) in [5.74, 6) is -9.57. The van der Waals surface area contributed by atoms with Crippen molar-refractivity contribution in [3.63, 3.8) is 0 Å². The molecule has 1 saturated heterocycles. The van der Waals surface area contributed by atoms with E-state index in [1.807, 2.05) is 6.92 Å². The minimum Gasteiger partial charge on any atom is -0.391 e. The summed E-state index contributed by atoms with van der Waals surface area (Å²) in [5, 5.41) is 49.6. The molecule has 0 radical (unpaired) electrons. The van der Waals surface area contributed by atoms with E-state index >= 15 is 0 Å². The summed E-state index contributed by atoms with van der Waals surface area (Å²) in [7, 11) is 0. The van der Waals surface area contributed by atoms with Crippen molar-refractivity contribution in [2.75, 3.05) is 39.3 Å². The van der Waals surface area contributed by atoms with Gasteiger partial charge in [0.25, 0.3) is 0 Å². The summed E-state index contributed by atoms with van der Waals surface area (Å²) in [6.45, 7) is 8.90. The highest BCUT2D eigenvalue weighted by atomic mass is 16.3. The maximum atomic E-state index is 14.5. The van der Waals surface area contributed by atoms with Crippen molar-refractivity contribution >= 4 is 65.0 Å². The van der Waals surface area contributed by atoms with E-state index in [1.54, 1.807) is 44.2 Å². The standard InChI is InChI=1S/C55H96N16O13/c1-7-31(4)12-11-15-43(74)62-35(16-22-56)50(79)71-45(33(6)73)55(84)67-38(19-25-59)47(76)66-40-21-27-61-54(83)44(32(5)72)70-51(80)39(20-26-60)64-46(75)36(17-23-57)65-52(81)41(28-30(2)3)68-53(82)42(29-34-13-9-8-10-14-34)69-48(77)37(18-24-58)63-49(40)78/h8-10,13-14,30-33,35-42,44-45,72-73H,7,11-12,15-29,56-60H2,1-6H3,(H,61,83)(H,62,74)(H,63,78)(H,64,75)(H,65,81)(H,66,76)(H,67,84)(H,68,82)(H,69,77)(H,70,80)(H,71,79)/t31-,32-,33-,35+,36+,37?,38+,39+,40?,41+,42-,44?,45+/m1/s1. The number of nitrogens with one attached hydrogen (secondary N) is 11. The van der Waals surface area contributed by atoms with Crippen LogP contribution in [0.25, 0.3) is 0 Å². The Bertz CT molecular complexity index is 2300. The quantitative estimate of drug-likeness (QED) is 0.0372. The average Bonchev–Trinajstić information content (AvgIpc) is 3.53. The van der Waals surface area contributed by atoms with Gasteiger partial charge in [-0.3, -0.25) is 52.7 Å². The number of amides is 11. The lowest BCUT2D eigenvalue weighted by atomic mass is 10.00. The molecule has 13 atom stereocenters. The van der Waals surface area contributed by atoms with Crippen molar-refractivity contribution in [1.82, 2.24) is 58.5 Å². The fourth-order valence-corrected chi connectivity index (χ4v) is 8.95. The van der Waals surface area contributed by atoms with Crippen LogP contribution in [0.1, 0.15) is 118 Å². The normalized spacial score (nSPS) is 23.0. The first-order valence-electron chi connectivity index (χ1n) is 29.0. The van der Waals surface area contributed by atoms with E-state index in [1.165, 1.54) is 13.8 Å².